The smallest absolute Gasteiger partial charge is 0.192 e. The van der Waals surface area contributed by atoms with E-state index in [2.05, 4.69) is 80.4 Å². The predicted molar refractivity (Wildman–Crippen MR) is 146 cm³/mol. The molecule has 192 valence electrons. The van der Waals surface area contributed by atoms with E-state index in [0.717, 1.165) is 19.6 Å². The Balaban J connectivity index is 0.000000186. The molecule has 4 bridgehead atoms. The zero-order valence-corrected chi connectivity index (χ0v) is 25.6. The van der Waals surface area contributed by atoms with Gasteiger partial charge < -0.3 is 14.0 Å². The van der Waals surface area contributed by atoms with E-state index in [1.54, 1.807) is 0 Å². The first-order valence-corrected chi connectivity index (χ1v) is 19.1. The lowest BCUT2D eigenvalue weighted by atomic mass is 9.34. The topological polar surface area (TPSA) is 38.7 Å². The van der Waals surface area contributed by atoms with E-state index < -0.39 is 16.6 Å². The zero-order chi connectivity index (χ0) is 25.2. The molecule has 0 heterocycles. The van der Waals surface area contributed by atoms with Crippen molar-refractivity contribution in [1.82, 2.24) is 0 Å². The normalized spacial score (nSPS) is 36.9. The second-order valence-electron chi connectivity index (χ2n) is 15.7. The molecule has 33 heavy (non-hydrogen) atoms. The molecule has 3 nitrogen and oxygen atoms in total. The number of hydrogen-bond acceptors (Lipinski definition) is 3. The Labute approximate surface area is 207 Å². The highest BCUT2D eigenvalue weighted by Crippen LogP contribution is 2.75. The molecule has 6 fully saturated rings. The van der Waals surface area contributed by atoms with E-state index in [4.69, 9.17) is 14.0 Å². The quantitative estimate of drug-likeness (QED) is 0.261. The van der Waals surface area contributed by atoms with Gasteiger partial charge in [0.1, 0.15) is 0 Å². The minimum atomic E-state index is -1.56. The van der Waals surface area contributed by atoms with Crippen molar-refractivity contribution < 1.29 is 14.0 Å². The van der Waals surface area contributed by atoms with Gasteiger partial charge in [0.25, 0.3) is 0 Å². The standard InChI is InChI=1S/C14H28O2Si.C14H26OSi/c1-12(2,3)17(4,5)16-11-14-8-13(9-14,10-14)6-7-15;1-7-13-8-14(9-13,10-13)11-15-16(5,6)12(2,3)4/h15H,6-11H2,1-5H3;7H,1,8-11H2,2-6H3. The van der Waals surface area contributed by atoms with Crippen LogP contribution >= 0.6 is 0 Å². The molecule has 1 N–H and O–H groups in total. The van der Waals surface area contributed by atoms with Gasteiger partial charge >= 0.3 is 0 Å². The minimum absolute atomic E-state index is 0.319. The van der Waals surface area contributed by atoms with Crippen molar-refractivity contribution in [2.75, 3.05) is 19.8 Å². The summed E-state index contributed by atoms with van der Waals surface area (Å²) in [5, 5.41) is 9.68. The number of rotatable bonds is 9. The van der Waals surface area contributed by atoms with Crippen LogP contribution in [0.2, 0.25) is 36.3 Å². The van der Waals surface area contributed by atoms with Crippen molar-refractivity contribution in [3.05, 3.63) is 12.7 Å². The van der Waals surface area contributed by atoms with E-state index in [1.807, 2.05) is 0 Å². The van der Waals surface area contributed by atoms with E-state index in [-0.39, 0.29) is 0 Å². The van der Waals surface area contributed by atoms with Gasteiger partial charge in [-0.3, -0.25) is 0 Å². The molecule has 0 atom stereocenters. The highest BCUT2D eigenvalue weighted by atomic mass is 28.4. The first-order valence-electron chi connectivity index (χ1n) is 13.3. The summed E-state index contributed by atoms with van der Waals surface area (Å²) in [5.41, 5.74) is 2.09. The zero-order valence-electron chi connectivity index (χ0n) is 23.6. The second-order valence-corrected chi connectivity index (χ2v) is 25.3. The van der Waals surface area contributed by atoms with E-state index >= 15 is 0 Å². The first-order chi connectivity index (χ1) is 14.8. The van der Waals surface area contributed by atoms with Crippen LogP contribution in [0, 0.1) is 21.7 Å². The molecule has 6 aliphatic rings. The summed E-state index contributed by atoms with van der Waals surface area (Å²) in [7, 11) is -3.10. The molecule has 0 amide bonds. The fraction of sp³-hybridized carbons (Fsp3) is 0.929. The van der Waals surface area contributed by atoms with Crippen molar-refractivity contribution in [2.45, 2.75) is 123 Å². The Kier molecular flexibility index (Phi) is 6.95. The third kappa shape index (κ3) is 5.14. The third-order valence-corrected chi connectivity index (χ3v) is 19.6. The molecule has 0 aromatic rings. The lowest BCUT2D eigenvalue weighted by molar-refractivity contribution is -0.227. The van der Waals surface area contributed by atoms with Crippen LogP contribution in [0.1, 0.15) is 86.5 Å². The van der Waals surface area contributed by atoms with Gasteiger partial charge in [0, 0.05) is 19.8 Å². The average Bonchev–Trinajstić information content (AvgIpc) is 2.52. The molecular weight excluding hydrogens is 440 g/mol. The molecular formula is C28H54O3Si2. The fourth-order valence-electron chi connectivity index (χ4n) is 6.44. The SMILES string of the molecule is C=CC12CC(CO[Si](C)(C)C(C)(C)C)(C1)C2.CC(C)(C)[Si](C)(C)OCC12CC(CCO)(C1)C2. The lowest BCUT2D eigenvalue weighted by Crippen LogP contribution is -2.64. The van der Waals surface area contributed by atoms with Crippen molar-refractivity contribution in [3.63, 3.8) is 0 Å². The monoisotopic (exact) mass is 494 g/mol. The van der Waals surface area contributed by atoms with E-state index in [0.29, 0.717) is 38.3 Å². The van der Waals surface area contributed by atoms with Crippen LogP contribution < -0.4 is 0 Å². The van der Waals surface area contributed by atoms with Gasteiger partial charge in [0.15, 0.2) is 16.6 Å². The van der Waals surface area contributed by atoms with E-state index in [1.165, 1.54) is 38.5 Å². The third-order valence-electron chi connectivity index (χ3n) is 10.6. The van der Waals surface area contributed by atoms with Crippen LogP contribution in [0.25, 0.3) is 0 Å². The molecule has 0 unspecified atom stereocenters. The summed E-state index contributed by atoms with van der Waals surface area (Å²) in [6.07, 6.45) is 11.1. The molecule has 0 aliphatic heterocycles. The Morgan fingerprint density at radius 3 is 1.39 bits per heavy atom. The summed E-state index contributed by atoms with van der Waals surface area (Å²) in [4.78, 5) is 0. The van der Waals surface area contributed by atoms with Crippen molar-refractivity contribution in [3.8, 4) is 0 Å². The van der Waals surface area contributed by atoms with Gasteiger partial charge in [-0.2, -0.15) is 0 Å². The first kappa shape index (κ1) is 27.6. The Morgan fingerprint density at radius 2 is 1.09 bits per heavy atom. The predicted octanol–water partition coefficient (Wildman–Crippen LogP) is 7.93. The van der Waals surface area contributed by atoms with Crippen LogP contribution in [-0.4, -0.2) is 41.6 Å². The molecule has 0 spiro atoms. The maximum absolute atomic E-state index is 9.02. The number of aliphatic hydroxyl groups is 1. The van der Waals surface area contributed by atoms with Gasteiger partial charge in [-0.1, -0.05) is 47.6 Å². The molecule has 5 heteroatoms. The molecule has 0 saturated heterocycles. The summed E-state index contributed by atoms with van der Waals surface area (Å²) >= 11 is 0. The summed E-state index contributed by atoms with van der Waals surface area (Å²) < 4.78 is 12.7. The second kappa shape index (κ2) is 8.29. The number of allylic oxidation sites excluding steroid dienone is 1. The van der Waals surface area contributed by atoms with Crippen LogP contribution in [-0.2, 0) is 8.85 Å². The van der Waals surface area contributed by atoms with Crippen LogP contribution in [0.15, 0.2) is 12.7 Å². The molecule has 0 aromatic heterocycles. The molecule has 0 radical (unpaired) electrons. The lowest BCUT2D eigenvalue weighted by Gasteiger charge is -2.71. The van der Waals surface area contributed by atoms with Crippen LogP contribution in [0.3, 0.4) is 0 Å². The van der Waals surface area contributed by atoms with Gasteiger partial charge in [0.05, 0.1) is 0 Å². The van der Waals surface area contributed by atoms with Crippen molar-refractivity contribution >= 4 is 16.6 Å². The summed E-state index contributed by atoms with van der Waals surface area (Å²) in [5.74, 6) is 0. The molecule has 0 aromatic carbocycles. The van der Waals surface area contributed by atoms with Gasteiger partial charge in [0.2, 0.25) is 0 Å². The van der Waals surface area contributed by atoms with Crippen LogP contribution in [0.5, 0.6) is 0 Å². The molecule has 6 rings (SSSR count). The summed E-state index contributed by atoms with van der Waals surface area (Å²) in [6.45, 7) is 29.5. The number of aliphatic hydroxyl groups excluding tert-OH is 1. The highest BCUT2D eigenvalue weighted by molar-refractivity contribution is 6.74. The van der Waals surface area contributed by atoms with Crippen molar-refractivity contribution in [2.24, 2.45) is 21.7 Å². The van der Waals surface area contributed by atoms with E-state index in [9.17, 15) is 0 Å². The van der Waals surface area contributed by atoms with Gasteiger partial charge in [-0.15, -0.1) is 6.58 Å². The fourth-order valence-corrected chi connectivity index (χ4v) is 8.64. The maximum Gasteiger partial charge on any atom is 0.192 e. The Bertz CT molecular complexity index is 702. The Hall–Kier alpha value is 0.0538. The van der Waals surface area contributed by atoms with Gasteiger partial charge in [-0.05, 0) is 103 Å². The highest BCUT2D eigenvalue weighted by Gasteiger charge is 2.67. The van der Waals surface area contributed by atoms with Crippen molar-refractivity contribution in [1.29, 1.82) is 0 Å². The van der Waals surface area contributed by atoms with Crippen LogP contribution in [0.4, 0.5) is 0 Å². The summed E-state index contributed by atoms with van der Waals surface area (Å²) in [6, 6.07) is 0. The number of hydrogen-bond donors (Lipinski definition) is 1. The van der Waals surface area contributed by atoms with Gasteiger partial charge in [-0.25, -0.2) is 0 Å². The molecule has 6 aliphatic carbocycles. The average molecular weight is 495 g/mol. The molecule has 6 saturated carbocycles. The largest absolute Gasteiger partial charge is 0.416 e. The Morgan fingerprint density at radius 1 is 0.727 bits per heavy atom. The minimum Gasteiger partial charge on any atom is -0.416 e. The maximum atomic E-state index is 9.02.